The van der Waals surface area contributed by atoms with E-state index in [-0.39, 0.29) is 17.6 Å². The van der Waals surface area contributed by atoms with E-state index in [0.29, 0.717) is 0 Å². The predicted molar refractivity (Wildman–Crippen MR) is 209 cm³/mol. The first-order valence-electron chi connectivity index (χ1n) is 17.1. The van der Waals surface area contributed by atoms with Gasteiger partial charge in [0.1, 0.15) is 0 Å². The third kappa shape index (κ3) is 6.15. The molecular weight excluding hydrogens is 595 g/mol. The number of hydrogen-bond donors (Lipinski definition) is 3. The summed E-state index contributed by atoms with van der Waals surface area (Å²) in [4.78, 5) is 0. The van der Waals surface area contributed by atoms with Crippen LogP contribution in [0.4, 0.5) is 0 Å². The fourth-order valence-electron chi connectivity index (χ4n) is 7.41. The lowest BCUT2D eigenvalue weighted by atomic mass is 9.81. The van der Waals surface area contributed by atoms with Crippen LogP contribution in [0, 0.1) is 0 Å². The van der Waals surface area contributed by atoms with Gasteiger partial charge in [-0.25, -0.2) is 0 Å². The molecule has 242 valence electrons. The van der Waals surface area contributed by atoms with Crippen molar-refractivity contribution in [1.82, 2.24) is 5.32 Å². The molecule has 2 unspecified atom stereocenters. The van der Waals surface area contributed by atoms with Crippen LogP contribution in [0.25, 0.3) is 44.7 Å². The molecule has 6 aromatic rings. The first-order valence-corrected chi connectivity index (χ1v) is 17.1. The molecule has 0 amide bonds. The van der Waals surface area contributed by atoms with Gasteiger partial charge in [-0.1, -0.05) is 147 Å². The lowest BCUT2D eigenvalue weighted by Crippen LogP contribution is -2.32. The Kier molecular flexibility index (Phi) is 8.88. The summed E-state index contributed by atoms with van der Waals surface area (Å²) in [6.45, 7) is 6.74. The van der Waals surface area contributed by atoms with Gasteiger partial charge in [-0.3, -0.25) is 5.32 Å². The minimum absolute atomic E-state index is 0.0864. The Bertz CT molecular complexity index is 2220. The number of allylic oxidation sites excluding steroid dienone is 3. The Morgan fingerprint density at radius 1 is 0.714 bits per heavy atom. The van der Waals surface area contributed by atoms with Crippen molar-refractivity contribution in [3.8, 4) is 22.3 Å². The zero-order chi connectivity index (χ0) is 34.0. The fourth-order valence-corrected chi connectivity index (χ4v) is 7.41. The van der Waals surface area contributed by atoms with Gasteiger partial charge in [-0.05, 0) is 109 Å². The van der Waals surface area contributed by atoms with Crippen molar-refractivity contribution in [3.05, 3.63) is 191 Å². The second-order valence-electron chi connectivity index (χ2n) is 13.3. The first kappa shape index (κ1) is 32.1. The maximum Gasteiger partial charge on any atom is 0.0817 e. The molecule has 0 saturated carbocycles. The van der Waals surface area contributed by atoms with Crippen molar-refractivity contribution < 1.29 is 0 Å². The first-order chi connectivity index (χ1) is 23.9. The van der Waals surface area contributed by atoms with Crippen LogP contribution >= 0.6 is 0 Å². The summed E-state index contributed by atoms with van der Waals surface area (Å²) >= 11 is 0. The van der Waals surface area contributed by atoms with E-state index in [4.69, 9.17) is 11.5 Å². The summed E-state index contributed by atoms with van der Waals surface area (Å²) in [6.07, 6.45) is 9.69. The maximum absolute atomic E-state index is 6.77. The Morgan fingerprint density at radius 2 is 1.43 bits per heavy atom. The number of nitrogens with one attached hydrogen (secondary N) is 1. The van der Waals surface area contributed by atoms with Crippen LogP contribution in [-0.2, 0) is 5.41 Å². The average molecular weight is 638 g/mol. The summed E-state index contributed by atoms with van der Waals surface area (Å²) in [7, 11) is 0. The van der Waals surface area contributed by atoms with Crippen LogP contribution in [0.3, 0.4) is 0 Å². The molecule has 6 aromatic carbocycles. The summed E-state index contributed by atoms with van der Waals surface area (Å²) in [6, 6.07) is 47.5. The Hall–Kier alpha value is -5.48. The highest BCUT2D eigenvalue weighted by Crippen LogP contribution is 2.53. The molecule has 3 heteroatoms. The van der Waals surface area contributed by atoms with Gasteiger partial charge in [0.05, 0.1) is 12.2 Å². The van der Waals surface area contributed by atoms with Gasteiger partial charge in [-0.2, -0.15) is 0 Å². The lowest BCUT2D eigenvalue weighted by Gasteiger charge is -2.24. The molecule has 5 N–H and O–H groups in total. The van der Waals surface area contributed by atoms with Crippen molar-refractivity contribution in [2.75, 3.05) is 0 Å². The van der Waals surface area contributed by atoms with Gasteiger partial charge < -0.3 is 11.5 Å². The highest BCUT2D eigenvalue weighted by atomic mass is 15.0. The van der Waals surface area contributed by atoms with E-state index < -0.39 is 0 Å². The van der Waals surface area contributed by atoms with Crippen LogP contribution in [0.1, 0.15) is 66.4 Å². The zero-order valence-electron chi connectivity index (χ0n) is 28.4. The molecule has 0 saturated heterocycles. The third-order valence-electron chi connectivity index (χ3n) is 9.96. The number of fused-ring (bicyclic) bond motifs is 4. The number of rotatable bonds is 9. The van der Waals surface area contributed by atoms with Gasteiger partial charge in [-0.15, -0.1) is 0 Å². The standard InChI is InChI=1S/C46H43N3/c1-4-32(26-27-47)37-20-10-11-21-39(37)43(49-45(48)33-15-6-5-7-16-33)25-24-31-14-12-19-36(28-31)38-22-13-23-41-44(38)40-29-34-17-8-9-18-35(34)30-42(40)46(41,2)3/h4-30,43,45,49H,47-48H2,1-3H3/b25-24+,27-26-,32-4+. The lowest BCUT2D eigenvalue weighted by molar-refractivity contribution is 0.508. The molecule has 2 atom stereocenters. The number of benzene rings is 6. The van der Waals surface area contributed by atoms with Gasteiger partial charge >= 0.3 is 0 Å². The molecule has 3 nitrogen and oxygen atoms in total. The van der Waals surface area contributed by atoms with E-state index in [1.54, 1.807) is 6.20 Å². The van der Waals surface area contributed by atoms with Gasteiger partial charge in [0.25, 0.3) is 0 Å². The van der Waals surface area contributed by atoms with E-state index in [1.165, 1.54) is 44.2 Å². The second kappa shape index (κ2) is 13.6. The van der Waals surface area contributed by atoms with Crippen LogP contribution in [0.5, 0.6) is 0 Å². The van der Waals surface area contributed by atoms with E-state index in [2.05, 4.69) is 153 Å². The highest BCUT2D eigenvalue weighted by molar-refractivity contribution is 5.98. The molecule has 1 aliphatic rings. The molecule has 7 rings (SSSR count). The molecule has 0 heterocycles. The minimum Gasteiger partial charge on any atom is -0.405 e. The molecule has 0 radical (unpaired) electrons. The van der Waals surface area contributed by atoms with Crippen molar-refractivity contribution in [2.24, 2.45) is 11.5 Å². The van der Waals surface area contributed by atoms with E-state index in [0.717, 1.165) is 27.8 Å². The largest absolute Gasteiger partial charge is 0.405 e. The normalized spacial score (nSPS) is 15.1. The van der Waals surface area contributed by atoms with E-state index in [1.807, 2.05) is 31.2 Å². The monoisotopic (exact) mass is 637 g/mol. The van der Waals surface area contributed by atoms with Crippen molar-refractivity contribution in [3.63, 3.8) is 0 Å². The SMILES string of the molecule is C/C=C(\C=C/N)c1ccccc1C(/C=C/c1cccc(-c2cccc3c2-c2cc4ccccc4cc2C3(C)C)c1)NC(N)c1ccccc1. The molecule has 1 aliphatic carbocycles. The summed E-state index contributed by atoms with van der Waals surface area (Å²) in [5.74, 6) is 0. The quantitative estimate of drug-likeness (QED) is 0.109. The van der Waals surface area contributed by atoms with Crippen LogP contribution in [0.2, 0.25) is 0 Å². The number of hydrogen-bond acceptors (Lipinski definition) is 3. The maximum atomic E-state index is 6.77. The molecule has 0 fully saturated rings. The minimum atomic E-state index is -0.360. The van der Waals surface area contributed by atoms with E-state index in [9.17, 15) is 0 Å². The second-order valence-corrected chi connectivity index (χ2v) is 13.3. The summed E-state index contributed by atoms with van der Waals surface area (Å²) in [5, 5.41) is 6.26. The smallest absolute Gasteiger partial charge is 0.0817 e. The summed E-state index contributed by atoms with van der Waals surface area (Å²) in [5.41, 5.74) is 25.9. The molecule has 0 aromatic heterocycles. The van der Waals surface area contributed by atoms with Crippen molar-refractivity contribution >= 4 is 22.4 Å². The molecule has 0 bridgehead atoms. The average Bonchev–Trinajstić information content (AvgIpc) is 3.37. The predicted octanol–water partition coefficient (Wildman–Crippen LogP) is 10.7. The van der Waals surface area contributed by atoms with Gasteiger partial charge in [0, 0.05) is 5.41 Å². The topological polar surface area (TPSA) is 64.1 Å². The molecular formula is C46H43N3. The van der Waals surface area contributed by atoms with Crippen LogP contribution in [0.15, 0.2) is 158 Å². The van der Waals surface area contributed by atoms with E-state index >= 15 is 0 Å². The number of nitrogens with two attached hydrogens (primary N) is 2. The Balaban J connectivity index is 1.29. The summed E-state index contributed by atoms with van der Waals surface area (Å²) < 4.78 is 0. The Labute approximate surface area is 290 Å². The highest BCUT2D eigenvalue weighted by Gasteiger charge is 2.37. The Morgan fingerprint density at radius 3 is 2.20 bits per heavy atom. The van der Waals surface area contributed by atoms with Gasteiger partial charge in [0.2, 0.25) is 0 Å². The molecule has 49 heavy (non-hydrogen) atoms. The molecule has 0 aliphatic heterocycles. The van der Waals surface area contributed by atoms with Gasteiger partial charge in [0.15, 0.2) is 0 Å². The fraction of sp³-hybridized carbons (Fsp3) is 0.130. The van der Waals surface area contributed by atoms with Crippen LogP contribution < -0.4 is 16.8 Å². The van der Waals surface area contributed by atoms with Crippen molar-refractivity contribution in [1.29, 1.82) is 0 Å². The van der Waals surface area contributed by atoms with Crippen molar-refractivity contribution in [2.45, 2.75) is 38.4 Å². The third-order valence-corrected chi connectivity index (χ3v) is 9.96. The molecule has 0 spiro atoms. The van der Waals surface area contributed by atoms with Crippen LogP contribution in [-0.4, -0.2) is 0 Å². The zero-order valence-corrected chi connectivity index (χ0v) is 28.4.